The van der Waals surface area contributed by atoms with Crippen LogP contribution >= 0.6 is 11.6 Å². The number of alkyl halides is 3. The summed E-state index contributed by atoms with van der Waals surface area (Å²) >= 11 is 6.42. The van der Waals surface area contributed by atoms with Gasteiger partial charge >= 0.3 is 6.18 Å². The Kier molecular flexibility index (Phi) is 8.21. The van der Waals surface area contributed by atoms with E-state index in [-0.39, 0.29) is 18.0 Å². The molecule has 2 aliphatic heterocycles. The van der Waals surface area contributed by atoms with Crippen molar-refractivity contribution >= 4 is 29.1 Å². The number of halogens is 4. The van der Waals surface area contributed by atoms with E-state index in [1.165, 1.54) is 0 Å². The number of piperidine rings is 2. The topological polar surface area (TPSA) is 90.8 Å². The molecule has 2 saturated heterocycles. The van der Waals surface area contributed by atoms with Crippen molar-refractivity contribution in [2.75, 3.05) is 29.9 Å². The van der Waals surface area contributed by atoms with Gasteiger partial charge in [-0.3, -0.25) is 9.69 Å². The Morgan fingerprint density at radius 2 is 1.94 bits per heavy atom. The van der Waals surface area contributed by atoms with Crippen LogP contribution < -0.4 is 15.0 Å². The van der Waals surface area contributed by atoms with Crippen LogP contribution in [0.15, 0.2) is 30.5 Å². The third-order valence-corrected chi connectivity index (χ3v) is 6.77. The highest BCUT2D eigenvalue weighted by molar-refractivity contribution is 6.32. The van der Waals surface area contributed by atoms with Crippen molar-refractivity contribution < 1.29 is 27.8 Å². The summed E-state index contributed by atoms with van der Waals surface area (Å²) in [4.78, 5) is 23.9. The quantitative estimate of drug-likeness (QED) is 0.578. The maximum Gasteiger partial charge on any atom is 0.433 e. The number of anilines is 2. The number of benzene rings is 1. The SMILES string of the molecule is CC(O)N1CCCCC1C(=O)Nc1ccc(OC2CCN(c3nccc(C(F)(F)F)n3)CC2)c(Cl)c1. The number of aliphatic hydroxyl groups excluding tert-OH is 1. The molecule has 4 rings (SSSR count). The van der Waals surface area contributed by atoms with Crippen molar-refractivity contribution in [2.45, 2.75) is 63.6 Å². The zero-order chi connectivity index (χ0) is 25.9. The molecule has 8 nitrogen and oxygen atoms in total. The molecule has 2 aliphatic rings. The lowest BCUT2D eigenvalue weighted by molar-refractivity contribution is -0.141. The van der Waals surface area contributed by atoms with Crippen LogP contribution in [0.4, 0.5) is 24.8 Å². The summed E-state index contributed by atoms with van der Waals surface area (Å²) in [6, 6.07) is 5.47. The summed E-state index contributed by atoms with van der Waals surface area (Å²) in [5.74, 6) is 0.324. The minimum absolute atomic E-state index is 0.0496. The molecule has 0 saturated carbocycles. The Labute approximate surface area is 212 Å². The smallest absolute Gasteiger partial charge is 0.433 e. The zero-order valence-electron chi connectivity index (χ0n) is 19.8. The summed E-state index contributed by atoms with van der Waals surface area (Å²) in [5.41, 5.74) is -0.433. The molecule has 36 heavy (non-hydrogen) atoms. The molecular weight excluding hydrogens is 499 g/mol. The fourth-order valence-corrected chi connectivity index (χ4v) is 4.82. The second-order valence-electron chi connectivity index (χ2n) is 9.06. The van der Waals surface area contributed by atoms with Crippen LogP contribution in [-0.4, -0.2) is 63.9 Å². The Morgan fingerprint density at radius 3 is 2.61 bits per heavy atom. The Bertz CT molecular complexity index is 1060. The first kappa shape index (κ1) is 26.4. The Balaban J connectivity index is 1.32. The first-order valence-electron chi connectivity index (χ1n) is 12.0. The van der Waals surface area contributed by atoms with E-state index in [1.54, 1.807) is 34.9 Å². The summed E-state index contributed by atoms with van der Waals surface area (Å²) in [6.45, 7) is 3.21. The maximum atomic E-state index is 12.9. The number of aromatic nitrogens is 2. The summed E-state index contributed by atoms with van der Waals surface area (Å²) in [6.07, 6.45) is -0.615. The summed E-state index contributed by atoms with van der Waals surface area (Å²) < 4.78 is 44.9. The molecule has 2 unspecified atom stereocenters. The molecule has 196 valence electrons. The minimum atomic E-state index is -4.52. The van der Waals surface area contributed by atoms with Crippen molar-refractivity contribution in [1.82, 2.24) is 14.9 Å². The van der Waals surface area contributed by atoms with Crippen LogP contribution in [-0.2, 0) is 11.0 Å². The number of rotatable bonds is 6. The van der Waals surface area contributed by atoms with Gasteiger partial charge in [0.15, 0.2) is 0 Å². The molecule has 0 radical (unpaired) electrons. The number of hydrogen-bond donors (Lipinski definition) is 2. The van der Waals surface area contributed by atoms with Crippen LogP contribution in [0.1, 0.15) is 44.7 Å². The molecule has 1 aromatic carbocycles. The van der Waals surface area contributed by atoms with E-state index in [1.807, 2.05) is 0 Å². The molecule has 2 fully saturated rings. The van der Waals surface area contributed by atoms with Gasteiger partial charge in [0.25, 0.3) is 0 Å². The van der Waals surface area contributed by atoms with Crippen molar-refractivity contribution in [3.05, 3.63) is 41.2 Å². The van der Waals surface area contributed by atoms with Gasteiger partial charge in [0.2, 0.25) is 11.9 Å². The van der Waals surface area contributed by atoms with Gasteiger partial charge < -0.3 is 20.1 Å². The van der Waals surface area contributed by atoms with Crippen LogP contribution in [0.3, 0.4) is 0 Å². The molecule has 2 atom stereocenters. The van der Waals surface area contributed by atoms with Crippen LogP contribution in [0.2, 0.25) is 5.02 Å². The first-order valence-corrected chi connectivity index (χ1v) is 12.4. The number of carbonyl (C=O) groups is 1. The number of hydrogen-bond acceptors (Lipinski definition) is 7. The van der Waals surface area contributed by atoms with Gasteiger partial charge in [0, 0.05) is 44.4 Å². The highest BCUT2D eigenvalue weighted by Crippen LogP contribution is 2.32. The highest BCUT2D eigenvalue weighted by Gasteiger charge is 2.34. The molecular formula is C24H29ClF3N5O3. The van der Waals surface area contributed by atoms with E-state index in [0.717, 1.165) is 25.1 Å². The third-order valence-electron chi connectivity index (χ3n) is 6.48. The van der Waals surface area contributed by atoms with Gasteiger partial charge in [-0.25, -0.2) is 9.97 Å². The molecule has 12 heteroatoms. The number of nitrogens with zero attached hydrogens (tertiary/aromatic N) is 4. The standard InChI is InChI=1S/C24H29ClF3N5O3/c1-15(34)33-11-3-2-4-19(33)22(35)30-16-5-6-20(18(25)14-16)36-17-8-12-32(13-9-17)23-29-10-7-21(31-23)24(26,27)28/h5-7,10,14-15,17,19,34H,2-4,8-9,11-13H2,1H3,(H,30,35). The van der Waals surface area contributed by atoms with Gasteiger partial charge in [-0.2, -0.15) is 13.2 Å². The number of likely N-dealkylation sites (tertiary alicyclic amines) is 1. The van der Waals surface area contributed by atoms with Crippen LogP contribution in [0, 0.1) is 0 Å². The van der Waals surface area contributed by atoms with E-state index in [4.69, 9.17) is 16.3 Å². The minimum Gasteiger partial charge on any atom is -0.489 e. The molecule has 0 spiro atoms. The van der Waals surface area contributed by atoms with Crippen LogP contribution in [0.25, 0.3) is 0 Å². The van der Waals surface area contributed by atoms with E-state index in [2.05, 4.69) is 15.3 Å². The molecule has 0 bridgehead atoms. The normalized spacial score (nSPS) is 20.7. The number of nitrogens with one attached hydrogen (secondary N) is 1. The average Bonchev–Trinajstić information content (AvgIpc) is 2.85. The lowest BCUT2D eigenvalue weighted by Crippen LogP contribution is -2.50. The van der Waals surface area contributed by atoms with Gasteiger partial charge in [-0.1, -0.05) is 18.0 Å². The highest BCUT2D eigenvalue weighted by atomic mass is 35.5. The van der Waals surface area contributed by atoms with Gasteiger partial charge in [0.05, 0.1) is 11.1 Å². The van der Waals surface area contributed by atoms with E-state index < -0.39 is 24.1 Å². The number of amides is 1. The largest absolute Gasteiger partial charge is 0.489 e. The second kappa shape index (κ2) is 11.2. The molecule has 0 aliphatic carbocycles. The van der Waals surface area contributed by atoms with Crippen LogP contribution in [0.5, 0.6) is 5.75 Å². The van der Waals surface area contributed by atoms with Gasteiger partial charge in [0.1, 0.15) is 23.8 Å². The van der Waals surface area contributed by atoms with Crippen molar-refractivity contribution in [2.24, 2.45) is 0 Å². The Morgan fingerprint density at radius 1 is 1.19 bits per heavy atom. The predicted octanol–water partition coefficient (Wildman–Crippen LogP) is 4.33. The number of aliphatic hydroxyl groups is 1. The average molecular weight is 528 g/mol. The van der Waals surface area contributed by atoms with Gasteiger partial charge in [-0.15, -0.1) is 0 Å². The van der Waals surface area contributed by atoms with Crippen molar-refractivity contribution in [3.8, 4) is 5.75 Å². The molecule has 2 aromatic rings. The lowest BCUT2D eigenvalue weighted by Gasteiger charge is -2.36. The van der Waals surface area contributed by atoms with Gasteiger partial charge in [-0.05, 0) is 44.0 Å². The maximum absolute atomic E-state index is 12.9. The zero-order valence-corrected chi connectivity index (χ0v) is 20.6. The monoisotopic (exact) mass is 527 g/mol. The number of carbonyl (C=O) groups excluding carboxylic acids is 1. The Hall–Kier alpha value is -2.63. The van der Waals surface area contributed by atoms with Crippen molar-refractivity contribution in [3.63, 3.8) is 0 Å². The number of ether oxygens (including phenoxy) is 1. The summed E-state index contributed by atoms with van der Waals surface area (Å²) in [7, 11) is 0. The lowest BCUT2D eigenvalue weighted by atomic mass is 10.0. The molecule has 1 aromatic heterocycles. The molecule has 2 N–H and O–H groups in total. The fraction of sp³-hybridized carbons (Fsp3) is 0.542. The first-order chi connectivity index (χ1) is 17.1. The predicted molar refractivity (Wildman–Crippen MR) is 129 cm³/mol. The second-order valence-corrected chi connectivity index (χ2v) is 9.47. The molecule has 1 amide bonds. The van der Waals surface area contributed by atoms with Crippen molar-refractivity contribution in [1.29, 1.82) is 0 Å². The molecule has 3 heterocycles. The van der Waals surface area contributed by atoms with E-state index in [9.17, 15) is 23.1 Å². The summed E-state index contributed by atoms with van der Waals surface area (Å²) in [5, 5.41) is 13.2. The fourth-order valence-electron chi connectivity index (χ4n) is 4.59. The van der Waals surface area contributed by atoms with E-state index >= 15 is 0 Å². The van der Waals surface area contributed by atoms with E-state index in [0.29, 0.717) is 55.4 Å². The third kappa shape index (κ3) is 6.37.